The normalized spacial score (nSPS) is 20.2. The number of halogens is 1. The molecule has 2 aromatic rings. The van der Waals surface area contributed by atoms with E-state index in [1.165, 1.54) is 0 Å². The molecule has 1 fully saturated rings. The molecule has 6 nitrogen and oxygen atoms in total. The van der Waals surface area contributed by atoms with Gasteiger partial charge in [0.15, 0.2) is 0 Å². The van der Waals surface area contributed by atoms with Gasteiger partial charge in [-0.25, -0.2) is 4.68 Å². The molecule has 1 saturated heterocycles. The average Bonchev–Trinajstić information content (AvgIpc) is 2.89. The van der Waals surface area contributed by atoms with Crippen molar-refractivity contribution in [3.05, 3.63) is 41.7 Å². The van der Waals surface area contributed by atoms with E-state index in [0.717, 1.165) is 36.5 Å². The van der Waals surface area contributed by atoms with E-state index >= 15 is 0 Å². The van der Waals surface area contributed by atoms with Crippen molar-refractivity contribution in [3.8, 4) is 5.69 Å². The molecule has 7 heteroatoms. The molecule has 2 heterocycles. The topological polar surface area (TPSA) is 71.8 Å². The number of nitrogens with zero attached hydrogens (tertiary/aromatic N) is 3. The SMILES string of the molecule is Cc1c(CC(=O)NC2CCNC(C)C2)nnn1-c1ccccc1.Cl. The number of amides is 1. The fourth-order valence-electron chi connectivity index (χ4n) is 3.03. The summed E-state index contributed by atoms with van der Waals surface area (Å²) < 4.78 is 1.77. The lowest BCUT2D eigenvalue weighted by Crippen LogP contribution is -2.47. The Labute approximate surface area is 148 Å². The lowest BCUT2D eigenvalue weighted by Gasteiger charge is -2.28. The first-order valence-electron chi connectivity index (χ1n) is 8.13. The highest BCUT2D eigenvalue weighted by Gasteiger charge is 2.21. The van der Waals surface area contributed by atoms with Crippen molar-refractivity contribution in [2.24, 2.45) is 0 Å². The summed E-state index contributed by atoms with van der Waals surface area (Å²) in [5.41, 5.74) is 2.59. The van der Waals surface area contributed by atoms with Gasteiger partial charge in [-0.3, -0.25) is 4.79 Å². The Bertz CT molecular complexity index is 673. The van der Waals surface area contributed by atoms with E-state index in [1.807, 2.05) is 37.3 Å². The van der Waals surface area contributed by atoms with Gasteiger partial charge in [-0.1, -0.05) is 23.4 Å². The second-order valence-electron chi connectivity index (χ2n) is 6.19. The molecule has 24 heavy (non-hydrogen) atoms. The molecule has 0 aliphatic carbocycles. The molecule has 0 radical (unpaired) electrons. The number of piperidine rings is 1. The quantitative estimate of drug-likeness (QED) is 0.882. The second kappa shape index (κ2) is 8.26. The first-order chi connectivity index (χ1) is 11.1. The Morgan fingerprint density at radius 3 is 2.83 bits per heavy atom. The summed E-state index contributed by atoms with van der Waals surface area (Å²) >= 11 is 0. The zero-order chi connectivity index (χ0) is 16.2. The molecule has 3 rings (SSSR count). The Morgan fingerprint density at radius 1 is 1.38 bits per heavy atom. The Balaban J connectivity index is 0.00000208. The maximum Gasteiger partial charge on any atom is 0.226 e. The van der Waals surface area contributed by atoms with E-state index in [1.54, 1.807) is 4.68 Å². The van der Waals surface area contributed by atoms with Crippen LogP contribution in [0.15, 0.2) is 30.3 Å². The molecule has 1 aliphatic rings. The van der Waals surface area contributed by atoms with Crippen LogP contribution in [0.2, 0.25) is 0 Å². The van der Waals surface area contributed by atoms with Crippen molar-refractivity contribution in [2.45, 2.75) is 45.2 Å². The summed E-state index contributed by atoms with van der Waals surface area (Å²) in [6.07, 6.45) is 2.23. The van der Waals surface area contributed by atoms with Crippen LogP contribution in [0.4, 0.5) is 0 Å². The van der Waals surface area contributed by atoms with Gasteiger partial charge in [-0.05, 0) is 45.4 Å². The first kappa shape index (κ1) is 18.4. The summed E-state index contributed by atoms with van der Waals surface area (Å²) in [6.45, 7) is 5.05. The Kier molecular flexibility index (Phi) is 6.34. The minimum atomic E-state index is 0. The number of carbonyl (C=O) groups excluding carboxylic acids is 1. The van der Waals surface area contributed by atoms with Gasteiger partial charge in [-0.2, -0.15) is 0 Å². The van der Waals surface area contributed by atoms with Crippen LogP contribution >= 0.6 is 12.4 Å². The highest BCUT2D eigenvalue weighted by molar-refractivity contribution is 5.85. The number of aromatic nitrogens is 3. The number of carbonyl (C=O) groups is 1. The van der Waals surface area contributed by atoms with Gasteiger partial charge in [0.1, 0.15) is 0 Å². The van der Waals surface area contributed by atoms with Gasteiger partial charge >= 0.3 is 0 Å². The van der Waals surface area contributed by atoms with Crippen LogP contribution in [0.5, 0.6) is 0 Å². The second-order valence-corrected chi connectivity index (χ2v) is 6.19. The van der Waals surface area contributed by atoms with Crippen molar-refractivity contribution in [1.82, 2.24) is 25.6 Å². The Morgan fingerprint density at radius 2 is 2.12 bits per heavy atom. The highest BCUT2D eigenvalue weighted by atomic mass is 35.5. The minimum Gasteiger partial charge on any atom is -0.353 e. The zero-order valence-electron chi connectivity index (χ0n) is 14.0. The highest BCUT2D eigenvalue weighted by Crippen LogP contribution is 2.13. The van der Waals surface area contributed by atoms with Crippen molar-refractivity contribution in [2.75, 3.05) is 6.54 Å². The minimum absolute atomic E-state index is 0. The van der Waals surface area contributed by atoms with Crippen LogP contribution in [0.25, 0.3) is 5.69 Å². The fraction of sp³-hybridized carbons (Fsp3) is 0.471. The summed E-state index contributed by atoms with van der Waals surface area (Å²) in [6, 6.07) is 10.5. The van der Waals surface area contributed by atoms with Crippen molar-refractivity contribution in [1.29, 1.82) is 0 Å². The fourth-order valence-corrected chi connectivity index (χ4v) is 3.03. The molecular formula is C17H24ClN5O. The molecule has 0 spiro atoms. The molecular weight excluding hydrogens is 326 g/mol. The van der Waals surface area contributed by atoms with Crippen LogP contribution in [-0.4, -0.2) is 39.5 Å². The predicted octanol–water partition coefficient (Wildman–Crippen LogP) is 1.80. The molecule has 1 aromatic heterocycles. The van der Waals surface area contributed by atoms with Gasteiger partial charge in [-0.15, -0.1) is 17.5 Å². The van der Waals surface area contributed by atoms with Gasteiger partial charge < -0.3 is 10.6 Å². The number of para-hydroxylation sites is 1. The third-order valence-electron chi connectivity index (χ3n) is 4.31. The molecule has 2 N–H and O–H groups in total. The number of hydrogen-bond donors (Lipinski definition) is 2. The molecule has 0 saturated carbocycles. The maximum absolute atomic E-state index is 12.3. The number of benzene rings is 1. The van der Waals surface area contributed by atoms with Gasteiger partial charge in [0.2, 0.25) is 5.91 Å². The smallest absolute Gasteiger partial charge is 0.226 e. The van der Waals surface area contributed by atoms with Gasteiger partial charge in [0.25, 0.3) is 0 Å². The first-order valence-corrected chi connectivity index (χ1v) is 8.13. The van der Waals surface area contributed by atoms with E-state index in [2.05, 4.69) is 27.9 Å². The van der Waals surface area contributed by atoms with E-state index in [9.17, 15) is 4.79 Å². The molecule has 2 unspecified atom stereocenters. The average molecular weight is 350 g/mol. The monoisotopic (exact) mass is 349 g/mol. The largest absolute Gasteiger partial charge is 0.353 e. The summed E-state index contributed by atoms with van der Waals surface area (Å²) in [5, 5.41) is 14.9. The maximum atomic E-state index is 12.3. The number of nitrogens with one attached hydrogen (secondary N) is 2. The summed E-state index contributed by atoms with van der Waals surface area (Å²) in [5.74, 6) is 0.0207. The molecule has 1 aromatic carbocycles. The van der Waals surface area contributed by atoms with Crippen LogP contribution < -0.4 is 10.6 Å². The third-order valence-corrected chi connectivity index (χ3v) is 4.31. The lowest BCUT2D eigenvalue weighted by atomic mass is 10.0. The van der Waals surface area contributed by atoms with Gasteiger partial charge in [0, 0.05) is 12.1 Å². The Hall–Kier alpha value is -1.92. The molecule has 0 bridgehead atoms. The third kappa shape index (κ3) is 4.33. The van der Waals surface area contributed by atoms with E-state index in [0.29, 0.717) is 6.04 Å². The van der Waals surface area contributed by atoms with Crippen molar-refractivity contribution >= 4 is 18.3 Å². The van der Waals surface area contributed by atoms with Gasteiger partial charge in [0.05, 0.1) is 23.5 Å². The number of rotatable bonds is 4. The van der Waals surface area contributed by atoms with Crippen LogP contribution in [0.1, 0.15) is 31.2 Å². The molecule has 130 valence electrons. The van der Waals surface area contributed by atoms with Crippen molar-refractivity contribution < 1.29 is 4.79 Å². The van der Waals surface area contributed by atoms with Crippen molar-refractivity contribution in [3.63, 3.8) is 0 Å². The number of hydrogen-bond acceptors (Lipinski definition) is 4. The van der Waals surface area contributed by atoms with E-state index < -0.39 is 0 Å². The summed E-state index contributed by atoms with van der Waals surface area (Å²) in [4.78, 5) is 12.3. The van der Waals surface area contributed by atoms with E-state index in [4.69, 9.17) is 0 Å². The predicted molar refractivity (Wildman–Crippen MR) is 95.7 cm³/mol. The summed E-state index contributed by atoms with van der Waals surface area (Å²) in [7, 11) is 0. The molecule has 1 aliphatic heterocycles. The van der Waals surface area contributed by atoms with Crippen LogP contribution in [0.3, 0.4) is 0 Å². The standard InChI is InChI=1S/C17H23N5O.ClH/c1-12-10-14(8-9-18-12)19-17(23)11-16-13(2)22(21-20-16)15-6-4-3-5-7-15;/h3-7,12,14,18H,8-11H2,1-2H3,(H,19,23);1H. The van der Waals surface area contributed by atoms with Crippen LogP contribution in [-0.2, 0) is 11.2 Å². The zero-order valence-corrected chi connectivity index (χ0v) is 14.8. The van der Waals surface area contributed by atoms with E-state index in [-0.39, 0.29) is 30.8 Å². The van der Waals surface area contributed by atoms with Crippen LogP contribution in [0, 0.1) is 6.92 Å². The lowest BCUT2D eigenvalue weighted by molar-refractivity contribution is -0.121. The molecule has 1 amide bonds. The molecule has 2 atom stereocenters.